The fourth-order valence-electron chi connectivity index (χ4n) is 4.58. The molecule has 1 aliphatic heterocycles. The summed E-state index contributed by atoms with van der Waals surface area (Å²) in [6, 6.07) is 40.5. The van der Waals surface area contributed by atoms with Crippen LogP contribution in [0.1, 0.15) is 11.1 Å². The van der Waals surface area contributed by atoms with Crippen LogP contribution in [0, 0.1) is 13.8 Å². The first-order chi connectivity index (χ1) is 16.7. The minimum atomic E-state index is -0.381. The second-order valence-corrected chi connectivity index (χ2v) is 13.4. The van der Waals surface area contributed by atoms with Crippen LogP contribution in [0.3, 0.4) is 0 Å². The Bertz CT molecular complexity index is 1100. The lowest BCUT2D eigenvalue weighted by Gasteiger charge is -2.41. The van der Waals surface area contributed by atoms with Crippen molar-refractivity contribution in [2.45, 2.75) is 13.8 Å². The average molecular weight is 483 g/mol. The van der Waals surface area contributed by atoms with Crippen LogP contribution in [0.2, 0.25) is 0 Å². The summed E-state index contributed by atoms with van der Waals surface area (Å²) in [5.74, 6) is 0. The van der Waals surface area contributed by atoms with Gasteiger partial charge in [0.25, 0.3) is 0 Å². The first-order valence-corrected chi connectivity index (χ1v) is 15.3. The van der Waals surface area contributed by atoms with Gasteiger partial charge in [-0.25, -0.2) is 0 Å². The number of rotatable bonds is 4. The van der Waals surface area contributed by atoms with Gasteiger partial charge in [0.15, 0.2) is 0 Å². The molecule has 1 heterocycles. The zero-order chi connectivity index (χ0) is 23.3. The summed E-state index contributed by atoms with van der Waals surface area (Å²) >= 11 is 0. The Balaban J connectivity index is 1.57. The van der Waals surface area contributed by atoms with Crippen molar-refractivity contribution >= 4 is 37.8 Å². The van der Waals surface area contributed by atoms with E-state index in [4.69, 9.17) is 0 Å². The van der Waals surface area contributed by atoms with Crippen molar-refractivity contribution in [3.63, 3.8) is 0 Å². The lowest BCUT2D eigenvalue weighted by Crippen LogP contribution is -2.38. The van der Waals surface area contributed by atoms with Crippen molar-refractivity contribution in [3.8, 4) is 0 Å². The highest BCUT2D eigenvalue weighted by atomic mass is 31.1. The number of nitrogens with zero attached hydrogens (tertiary/aromatic N) is 2. The molecule has 0 amide bonds. The van der Waals surface area contributed by atoms with Gasteiger partial charge in [0.1, 0.15) is 0 Å². The molecule has 0 N–H and O–H groups in total. The van der Waals surface area contributed by atoms with Crippen LogP contribution >= 0.6 is 15.8 Å². The minimum Gasteiger partial charge on any atom is -0.363 e. The van der Waals surface area contributed by atoms with Gasteiger partial charge < -0.3 is 9.80 Å². The molecular formula is C30H32N2P2. The van der Waals surface area contributed by atoms with E-state index in [0.29, 0.717) is 0 Å². The summed E-state index contributed by atoms with van der Waals surface area (Å²) in [6.07, 6.45) is 4.32. The van der Waals surface area contributed by atoms with Gasteiger partial charge in [0.2, 0.25) is 0 Å². The van der Waals surface area contributed by atoms with E-state index in [1.807, 2.05) is 0 Å². The monoisotopic (exact) mass is 482 g/mol. The zero-order valence-corrected chi connectivity index (χ0v) is 21.8. The third-order valence-corrected chi connectivity index (χ3v) is 11.1. The van der Waals surface area contributed by atoms with Crippen molar-refractivity contribution in [2.24, 2.45) is 0 Å². The molecule has 4 aromatic rings. The minimum absolute atomic E-state index is 0.381. The molecule has 0 aromatic heterocycles. The topological polar surface area (TPSA) is 6.48 Å². The fourth-order valence-corrected chi connectivity index (χ4v) is 9.62. The third kappa shape index (κ3) is 5.52. The molecule has 0 bridgehead atoms. The van der Waals surface area contributed by atoms with Crippen molar-refractivity contribution in [1.82, 2.24) is 0 Å². The Morgan fingerprint density at radius 3 is 1.21 bits per heavy atom. The maximum absolute atomic E-state index is 2.68. The number of hydrogen-bond donors (Lipinski definition) is 0. The quantitative estimate of drug-likeness (QED) is 0.287. The fraction of sp³-hybridized carbons (Fsp3) is 0.200. The summed E-state index contributed by atoms with van der Waals surface area (Å²) in [7, 11) is -0.763. The van der Waals surface area contributed by atoms with E-state index in [-0.39, 0.29) is 15.8 Å². The summed E-state index contributed by atoms with van der Waals surface area (Å²) < 4.78 is 0. The molecule has 0 unspecified atom stereocenters. The van der Waals surface area contributed by atoms with E-state index in [9.17, 15) is 0 Å². The lowest BCUT2D eigenvalue weighted by atomic mass is 10.2. The molecule has 1 fully saturated rings. The highest BCUT2D eigenvalue weighted by Gasteiger charge is 2.28. The molecule has 2 nitrogen and oxygen atoms in total. The van der Waals surface area contributed by atoms with Crippen LogP contribution in [0.4, 0.5) is 11.4 Å². The average Bonchev–Trinajstić information content (AvgIpc) is 2.85. The van der Waals surface area contributed by atoms with Gasteiger partial charge in [-0.05, 0) is 75.7 Å². The van der Waals surface area contributed by atoms with Gasteiger partial charge in [-0.1, -0.05) is 84.9 Å². The van der Waals surface area contributed by atoms with Gasteiger partial charge >= 0.3 is 0 Å². The van der Waals surface area contributed by atoms with E-state index >= 15 is 0 Å². The van der Waals surface area contributed by atoms with Gasteiger partial charge in [-0.2, -0.15) is 0 Å². The Hall–Kier alpha value is -2.66. The van der Waals surface area contributed by atoms with Crippen LogP contribution in [0.25, 0.3) is 0 Å². The Kier molecular flexibility index (Phi) is 7.29. The zero-order valence-electron chi connectivity index (χ0n) is 20.0. The van der Waals surface area contributed by atoms with E-state index in [1.165, 1.54) is 33.1 Å². The Morgan fingerprint density at radius 2 is 0.853 bits per heavy atom. The molecule has 0 radical (unpaired) electrons. The van der Waals surface area contributed by atoms with E-state index in [1.54, 1.807) is 0 Å². The van der Waals surface area contributed by atoms with Crippen molar-refractivity contribution in [3.05, 3.63) is 120 Å². The summed E-state index contributed by atoms with van der Waals surface area (Å²) in [4.78, 5) is 5.36. The van der Waals surface area contributed by atoms with Crippen molar-refractivity contribution in [1.29, 1.82) is 0 Å². The Labute approximate surface area is 206 Å². The van der Waals surface area contributed by atoms with Gasteiger partial charge in [0.05, 0.1) is 0 Å². The van der Waals surface area contributed by atoms with Crippen LogP contribution < -0.4 is 20.4 Å². The summed E-state index contributed by atoms with van der Waals surface area (Å²) in [6.45, 7) is 4.40. The third-order valence-electron chi connectivity index (χ3n) is 6.34. The molecule has 172 valence electrons. The first-order valence-electron chi connectivity index (χ1n) is 11.9. The number of hydrogen-bond acceptors (Lipinski definition) is 2. The van der Waals surface area contributed by atoms with Crippen LogP contribution in [0.5, 0.6) is 0 Å². The molecule has 0 aliphatic carbocycles. The largest absolute Gasteiger partial charge is 0.363 e. The molecule has 0 atom stereocenters. The summed E-state index contributed by atoms with van der Waals surface area (Å²) in [5, 5.41) is 2.97. The van der Waals surface area contributed by atoms with Crippen LogP contribution in [-0.2, 0) is 0 Å². The van der Waals surface area contributed by atoms with Gasteiger partial charge in [-0.3, -0.25) is 0 Å². The Morgan fingerprint density at radius 1 is 0.471 bits per heavy atom. The molecule has 4 aromatic carbocycles. The van der Waals surface area contributed by atoms with E-state index < -0.39 is 0 Å². The maximum Gasteiger partial charge on any atom is 0.0438 e. The number of anilines is 2. The van der Waals surface area contributed by atoms with Gasteiger partial charge in [0, 0.05) is 36.5 Å². The predicted molar refractivity (Wildman–Crippen MR) is 153 cm³/mol. The van der Waals surface area contributed by atoms with Crippen LogP contribution in [0.15, 0.2) is 109 Å². The predicted octanol–water partition coefficient (Wildman–Crippen LogP) is 7.07. The van der Waals surface area contributed by atoms with E-state index in [2.05, 4.69) is 133 Å². The highest BCUT2D eigenvalue weighted by molar-refractivity contribution is 7.67. The molecular weight excluding hydrogens is 450 g/mol. The molecule has 1 saturated heterocycles. The molecule has 4 heteroatoms. The van der Waals surface area contributed by atoms with E-state index in [0.717, 1.165) is 25.1 Å². The van der Waals surface area contributed by atoms with Gasteiger partial charge in [-0.15, -0.1) is 0 Å². The first kappa shape index (κ1) is 23.1. The molecule has 5 rings (SSSR count). The summed E-state index contributed by atoms with van der Waals surface area (Å²) in [5.41, 5.74) is 5.37. The number of aryl methyl sites for hydroxylation is 2. The SMILES string of the molecule is Cc1cccc(N2CP(c3ccccc3)CN(c3cccc(C)c3)CP(c3ccccc3)C2)c1. The maximum atomic E-state index is 2.68. The molecule has 0 spiro atoms. The van der Waals surface area contributed by atoms with Crippen molar-refractivity contribution in [2.75, 3.05) is 34.9 Å². The molecule has 1 aliphatic rings. The lowest BCUT2D eigenvalue weighted by molar-refractivity contribution is 0.983. The number of benzene rings is 4. The molecule has 34 heavy (non-hydrogen) atoms. The van der Waals surface area contributed by atoms with Crippen LogP contribution in [-0.4, -0.2) is 25.1 Å². The molecule has 0 saturated carbocycles. The second kappa shape index (κ2) is 10.7. The highest BCUT2D eigenvalue weighted by Crippen LogP contribution is 2.47. The normalized spacial score (nSPS) is 18.9. The smallest absolute Gasteiger partial charge is 0.0438 e. The second-order valence-electron chi connectivity index (χ2n) is 9.07. The van der Waals surface area contributed by atoms with Crippen molar-refractivity contribution < 1.29 is 0 Å². The standard InChI is InChI=1S/C30H32N2P2/c1-25-11-9-13-27(19-25)31-21-33(29-15-5-3-6-16-29)23-32(28-14-10-12-26(2)20-28)24-34(22-31)30-17-7-4-8-18-30/h3-20H,21-24H2,1-2H3.